The number of nitrogens with zero attached hydrogens (tertiary/aromatic N) is 7. The summed E-state index contributed by atoms with van der Waals surface area (Å²) < 4.78 is 99.9. The van der Waals surface area contributed by atoms with Crippen molar-refractivity contribution in [2.24, 2.45) is 7.05 Å². The first-order chi connectivity index (χ1) is 33.5. The van der Waals surface area contributed by atoms with Crippen LogP contribution in [0.25, 0.3) is 22.3 Å². The lowest BCUT2D eigenvalue weighted by Crippen LogP contribution is -2.46. The van der Waals surface area contributed by atoms with Crippen molar-refractivity contribution < 1.29 is 109 Å². The Morgan fingerprint density at radius 1 is 0.694 bits per heavy atom. The lowest BCUT2D eigenvalue weighted by molar-refractivity contribution is -0.745. The lowest BCUT2D eigenvalue weighted by atomic mass is 10.1. The number of phosphoric acid groups is 4. The number of phosphoric ester groups is 3. The molecule has 0 spiro atoms. The van der Waals surface area contributed by atoms with E-state index in [9.17, 15) is 82.5 Å². The molecule has 5 aromatic rings. The van der Waals surface area contributed by atoms with Crippen LogP contribution in [0.3, 0.4) is 0 Å². The monoisotopic (exact) mass is 1110 g/mol. The molecule has 42 heteroatoms. The standard InChI is InChI=1S/C30H40N12O26P4/c1-39-8-42(22-14(39)24(50)38-29(32)36-22)26-18(47)16(45)10(64-26)5-61-70(54,55)67-72(58,59)68-71(56,57)62-6-11-20(19(48)27(65-11)40-3-2-12(43)34-30(40)51)66-69(52,53)60-4-9-15(44)17(46)25(63-9)41-7-33-13-21(41)35-28(31)37-23(13)49/h2-3,7-11,15-20,25-27,44-48H,4-6H2,1H3,(H10-,31,32,34,35,36,37,38,43,49,50,51,52,53,54,55,56,57,58,59)/p+1/t9-,10-,11-,15-,16-,17-,18-,19-,20-,25-,26-,27-/m1/s1. The number of aliphatic hydroxyl groups excluding tert-OH is 5. The van der Waals surface area contributed by atoms with Gasteiger partial charge in [-0.15, -0.1) is 0 Å². The first kappa shape index (κ1) is 53.5. The number of fused-ring (bicyclic) bond motifs is 2. The SMILES string of the molecule is Cn1c[n+]([C@@H]2O[C@H](COP(=O)(O)OP(=O)(O)OP(=O)(O)OC[C@H]3O[C@@H](n4ccc(=O)[nH]c4=O)[C@H](O)[C@@H]3OP(=O)(O)OC[C@H]3O[C@@H](n4cnc5c(=O)[nH]c(N)nc54)[C@H](O)[C@@H]3O)[C@@H](O)[C@H]2O)c2nc(N)[nH]c(=O)c21. The molecule has 8 heterocycles. The summed E-state index contributed by atoms with van der Waals surface area (Å²) in [4.78, 5) is 109. The van der Waals surface area contributed by atoms with E-state index >= 15 is 0 Å². The van der Waals surface area contributed by atoms with Crippen LogP contribution in [0.15, 0.2) is 44.1 Å². The van der Waals surface area contributed by atoms with Gasteiger partial charge < -0.3 is 70.8 Å². The van der Waals surface area contributed by atoms with Crippen LogP contribution in [-0.2, 0) is 66.2 Å². The number of nitrogens with two attached hydrogens (primary N) is 2. The predicted molar refractivity (Wildman–Crippen MR) is 226 cm³/mol. The fourth-order valence-electron chi connectivity index (χ4n) is 7.63. The van der Waals surface area contributed by atoms with Crippen molar-refractivity contribution in [3.8, 4) is 0 Å². The van der Waals surface area contributed by atoms with Gasteiger partial charge in [-0.05, 0) is 0 Å². The van der Waals surface area contributed by atoms with Crippen LogP contribution in [0.1, 0.15) is 18.7 Å². The first-order valence-electron chi connectivity index (χ1n) is 20.1. The van der Waals surface area contributed by atoms with E-state index in [1.54, 1.807) is 0 Å². The third-order valence-electron chi connectivity index (χ3n) is 10.8. The summed E-state index contributed by atoms with van der Waals surface area (Å²) in [5, 5.41) is 54.0. The molecular formula is C30H41N12O26P4+. The maximum absolute atomic E-state index is 13.3. The van der Waals surface area contributed by atoms with E-state index in [1.165, 1.54) is 17.9 Å². The van der Waals surface area contributed by atoms with Crippen molar-refractivity contribution in [2.75, 3.05) is 31.3 Å². The van der Waals surface area contributed by atoms with E-state index in [0.29, 0.717) is 4.57 Å². The van der Waals surface area contributed by atoms with Crippen LogP contribution in [0.2, 0.25) is 0 Å². The Balaban J connectivity index is 0.904. The van der Waals surface area contributed by atoms with Gasteiger partial charge in [-0.3, -0.25) is 61.1 Å². The molecule has 38 nitrogen and oxygen atoms in total. The summed E-state index contributed by atoms with van der Waals surface area (Å²) in [6.07, 6.45) is -19.4. The average molecular weight is 1110 g/mol. The number of nitrogen functional groups attached to an aromatic ring is 2. The zero-order valence-corrected chi connectivity index (χ0v) is 39.5. The second-order valence-corrected chi connectivity index (χ2v) is 21.7. The molecule has 0 radical (unpaired) electrons. The molecule has 0 amide bonds. The summed E-state index contributed by atoms with van der Waals surface area (Å²) in [5.41, 5.74) is 7.05. The minimum atomic E-state index is -6.25. The van der Waals surface area contributed by atoms with Crippen molar-refractivity contribution in [1.82, 2.24) is 43.6 Å². The zero-order valence-electron chi connectivity index (χ0n) is 35.9. The Morgan fingerprint density at radius 2 is 1.25 bits per heavy atom. The molecule has 3 fully saturated rings. The maximum atomic E-state index is 13.3. The predicted octanol–water partition coefficient (Wildman–Crippen LogP) is -6.24. The van der Waals surface area contributed by atoms with Gasteiger partial charge in [0.25, 0.3) is 22.6 Å². The van der Waals surface area contributed by atoms with Gasteiger partial charge in [0, 0.05) is 12.3 Å². The number of imidazole rings is 2. The fraction of sp³-hybridized carbons (Fsp3) is 0.533. The topological polar surface area (TPSA) is 558 Å². The highest BCUT2D eigenvalue weighted by Crippen LogP contribution is 2.68. The van der Waals surface area contributed by atoms with E-state index in [0.717, 1.165) is 27.7 Å². The molecule has 0 bridgehead atoms. The number of aliphatic hydroxyl groups is 5. The number of aromatic amines is 3. The second kappa shape index (κ2) is 19.8. The minimum absolute atomic E-state index is 0.0414. The highest BCUT2D eigenvalue weighted by atomic mass is 31.3. The molecule has 5 aromatic heterocycles. The molecule has 396 valence electrons. The van der Waals surface area contributed by atoms with Gasteiger partial charge in [-0.1, -0.05) is 4.98 Å². The van der Waals surface area contributed by atoms with Gasteiger partial charge in [0.2, 0.25) is 17.7 Å². The smallest absolute Gasteiger partial charge is 0.387 e. The lowest BCUT2D eigenvalue weighted by Gasteiger charge is -2.24. The van der Waals surface area contributed by atoms with E-state index in [4.69, 9.17) is 34.7 Å². The number of anilines is 2. The molecule has 0 aliphatic carbocycles. The first-order valence-corrected chi connectivity index (χ1v) is 26.0. The average Bonchev–Trinajstić information content (AvgIpc) is 4.05. The molecule has 4 unspecified atom stereocenters. The van der Waals surface area contributed by atoms with Crippen LogP contribution < -0.4 is 38.4 Å². The minimum Gasteiger partial charge on any atom is -0.387 e. The van der Waals surface area contributed by atoms with Gasteiger partial charge in [-0.2, -0.15) is 13.6 Å². The van der Waals surface area contributed by atoms with Crippen LogP contribution in [-0.4, -0.2) is 163 Å². The van der Waals surface area contributed by atoms with Crippen molar-refractivity contribution in [1.29, 1.82) is 0 Å². The van der Waals surface area contributed by atoms with Crippen LogP contribution in [0.4, 0.5) is 11.9 Å². The second-order valence-electron chi connectivity index (χ2n) is 15.7. The molecule has 8 rings (SSSR count). The van der Waals surface area contributed by atoms with E-state index in [1.807, 2.05) is 4.98 Å². The number of hydrogen-bond donors (Lipinski definition) is 14. The number of aryl methyl sites for hydroxylation is 1. The number of hydrogen-bond acceptors (Lipinski definition) is 27. The van der Waals surface area contributed by atoms with E-state index < -0.39 is 147 Å². The van der Waals surface area contributed by atoms with Gasteiger partial charge in [0.1, 0.15) is 54.9 Å². The quantitative estimate of drug-likeness (QED) is 0.0287. The number of H-pyrrole nitrogens is 3. The van der Waals surface area contributed by atoms with Crippen molar-refractivity contribution in [3.05, 3.63) is 66.5 Å². The third-order valence-corrected chi connectivity index (χ3v) is 16.0. The van der Waals surface area contributed by atoms with Crippen molar-refractivity contribution in [3.63, 3.8) is 0 Å². The highest BCUT2D eigenvalue weighted by molar-refractivity contribution is 7.66. The maximum Gasteiger partial charge on any atom is 0.490 e. The van der Waals surface area contributed by atoms with Crippen LogP contribution >= 0.6 is 31.3 Å². The summed E-state index contributed by atoms with van der Waals surface area (Å²) in [5.74, 6) is -0.671. The molecule has 0 aromatic carbocycles. The van der Waals surface area contributed by atoms with Gasteiger partial charge in [-0.25, -0.2) is 32.6 Å². The third kappa shape index (κ3) is 11.0. The fourth-order valence-corrected chi connectivity index (χ4v) is 12.1. The molecule has 16 atom stereocenters. The van der Waals surface area contributed by atoms with E-state index in [-0.39, 0.29) is 34.2 Å². The van der Waals surface area contributed by atoms with Crippen LogP contribution in [0, 0.1) is 0 Å². The number of nitrogens with one attached hydrogen (secondary N) is 3. The zero-order chi connectivity index (χ0) is 52.6. The molecule has 3 aliphatic heterocycles. The Bertz CT molecular complexity index is 3330. The molecule has 3 saturated heterocycles. The number of ether oxygens (including phenoxy) is 3. The molecule has 3 aliphatic rings. The Morgan fingerprint density at radius 3 is 1.90 bits per heavy atom. The van der Waals surface area contributed by atoms with Crippen LogP contribution in [0.5, 0.6) is 0 Å². The van der Waals surface area contributed by atoms with Gasteiger partial charge >= 0.3 is 42.6 Å². The van der Waals surface area contributed by atoms with Crippen molar-refractivity contribution in [2.45, 2.75) is 73.6 Å². The molecule has 72 heavy (non-hydrogen) atoms. The largest absolute Gasteiger partial charge is 0.490 e. The molecule has 0 saturated carbocycles. The van der Waals surface area contributed by atoms with Gasteiger partial charge in [0.15, 0.2) is 29.9 Å². The van der Waals surface area contributed by atoms with Crippen molar-refractivity contribution >= 4 is 65.5 Å². The Kier molecular flexibility index (Phi) is 14.7. The summed E-state index contributed by atoms with van der Waals surface area (Å²) >= 11 is 0. The normalized spacial score (nSPS) is 31.1. The number of rotatable bonds is 18. The summed E-state index contributed by atoms with van der Waals surface area (Å²) in [6.45, 7) is -3.70. The Hall–Kier alpha value is -4.82. The molecular weight excluding hydrogens is 1070 g/mol. The Labute approximate surface area is 395 Å². The number of aromatic nitrogens is 10. The summed E-state index contributed by atoms with van der Waals surface area (Å²) in [6, 6.07) is 0.785. The highest BCUT2D eigenvalue weighted by Gasteiger charge is 2.53. The van der Waals surface area contributed by atoms with Gasteiger partial charge in [0.05, 0.1) is 33.2 Å². The van der Waals surface area contributed by atoms with E-state index in [2.05, 4.69) is 42.6 Å². The summed E-state index contributed by atoms with van der Waals surface area (Å²) in [7, 11) is -22.3. The molecule has 16 N–H and O–H groups in total.